The summed E-state index contributed by atoms with van der Waals surface area (Å²) >= 11 is 0. The molecule has 0 aliphatic heterocycles. The summed E-state index contributed by atoms with van der Waals surface area (Å²) < 4.78 is 30.9. The van der Waals surface area contributed by atoms with E-state index in [0.29, 0.717) is 11.4 Å². The lowest BCUT2D eigenvalue weighted by molar-refractivity contribution is -0.122. The molecule has 0 fully saturated rings. The minimum atomic E-state index is -3.64. The lowest BCUT2D eigenvalue weighted by atomic mass is 10.1. The molecule has 1 amide bonds. The topological polar surface area (TPSA) is 75.7 Å². The first-order valence-electron chi connectivity index (χ1n) is 9.20. The molecule has 0 aliphatic carbocycles. The molecular formula is C21H28N2O4S. The van der Waals surface area contributed by atoms with Crippen LogP contribution in [0.15, 0.2) is 54.6 Å². The number of carbonyl (C=O) groups excluding carboxylic acids is 1. The zero-order valence-electron chi connectivity index (χ0n) is 16.8. The molecule has 2 atom stereocenters. The Hall–Kier alpha value is -2.54. The van der Waals surface area contributed by atoms with Crippen LogP contribution in [0.2, 0.25) is 0 Å². The van der Waals surface area contributed by atoms with Crippen molar-refractivity contribution in [3.05, 3.63) is 60.2 Å². The van der Waals surface area contributed by atoms with Crippen LogP contribution in [0.3, 0.4) is 0 Å². The van der Waals surface area contributed by atoms with Gasteiger partial charge >= 0.3 is 0 Å². The first kappa shape index (κ1) is 21.8. The largest absolute Gasteiger partial charge is 0.497 e. The molecule has 0 unspecified atom stereocenters. The molecule has 6 nitrogen and oxygen atoms in total. The predicted octanol–water partition coefficient (Wildman–Crippen LogP) is 2.99. The van der Waals surface area contributed by atoms with Crippen molar-refractivity contribution in [3.63, 3.8) is 0 Å². The van der Waals surface area contributed by atoms with Gasteiger partial charge < -0.3 is 10.1 Å². The van der Waals surface area contributed by atoms with Crippen molar-refractivity contribution in [3.8, 4) is 5.75 Å². The summed E-state index contributed by atoms with van der Waals surface area (Å²) in [6, 6.07) is 15.7. The van der Waals surface area contributed by atoms with Gasteiger partial charge in [0, 0.05) is 6.04 Å². The van der Waals surface area contributed by atoms with Crippen LogP contribution in [-0.4, -0.2) is 39.8 Å². The number of ether oxygens (including phenoxy) is 1. The highest BCUT2D eigenvalue weighted by molar-refractivity contribution is 7.92. The third-order valence-electron chi connectivity index (χ3n) is 4.51. The summed E-state index contributed by atoms with van der Waals surface area (Å²) in [5.41, 5.74) is 1.62. The Balaban J connectivity index is 2.06. The van der Waals surface area contributed by atoms with Gasteiger partial charge in [0.25, 0.3) is 0 Å². The first-order chi connectivity index (χ1) is 13.2. The highest BCUT2D eigenvalue weighted by Crippen LogP contribution is 2.24. The maximum atomic E-state index is 12.7. The first-order valence-corrected chi connectivity index (χ1v) is 11.0. The van der Waals surface area contributed by atoms with E-state index < -0.39 is 16.1 Å². The van der Waals surface area contributed by atoms with Crippen LogP contribution in [0, 0.1) is 0 Å². The second-order valence-corrected chi connectivity index (χ2v) is 8.73. The summed E-state index contributed by atoms with van der Waals surface area (Å²) in [7, 11) is -2.10. The molecule has 0 saturated heterocycles. The molecule has 0 aromatic heterocycles. The number of hydrogen-bond acceptors (Lipinski definition) is 4. The fraction of sp³-hybridized carbons (Fsp3) is 0.381. The van der Waals surface area contributed by atoms with Crippen molar-refractivity contribution >= 4 is 21.6 Å². The quantitative estimate of drug-likeness (QED) is 0.697. The van der Waals surface area contributed by atoms with Crippen molar-refractivity contribution in [1.82, 2.24) is 5.32 Å². The third-order valence-corrected chi connectivity index (χ3v) is 5.75. The molecule has 0 saturated carbocycles. The van der Waals surface area contributed by atoms with Gasteiger partial charge in [-0.1, -0.05) is 30.3 Å². The molecule has 7 heteroatoms. The van der Waals surface area contributed by atoms with E-state index in [-0.39, 0.29) is 11.9 Å². The van der Waals surface area contributed by atoms with Gasteiger partial charge in [-0.3, -0.25) is 9.10 Å². The van der Waals surface area contributed by atoms with Crippen LogP contribution < -0.4 is 14.4 Å². The second kappa shape index (κ2) is 9.59. The van der Waals surface area contributed by atoms with E-state index in [1.807, 2.05) is 37.3 Å². The second-order valence-electron chi connectivity index (χ2n) is 6.87. The molecule has 2 rings (SSSR count). The minimum Gasteiger partial charge on any atom is -0.497 e. The van der Waals surface area contributed by atoms with Crippen molar-refractivity contribution in [2.75, 3.05) is 17.7 Å². The van der Waals surface area contributed by atoms with Gasteiger partial charge in [-0.2, -0.15) is 0 Å². The number of benzene rings is 2. The molecular weight excluding hydrogens is 376 g/mol. The van der Waals surface area contributed by atoms with Gasteiger partial charge in [-0.05, 0) is 56.5 Å². The Morgan fingerprint density at radius 2 is 1.68 bits per heavy atom. The number of carbonyl (C=O) groups is 1. The van der Waals surface area contributed by atoms with Gasteiger partial charge in [0.05, 0.1) is 19.1 Å². The van der Waals surface area contributed by atoms with Crippen molar-refractivity contribution in [2.45, 2.75) is 38.8 Å². The van der Waals surface area contributed by atoms with E-state index in [1.54, 1.807) is 31.2 Å². The maximum Gasteiger partial charge on any atom is 0.243 e. The lowest BCUT2D eigenvalue weighted by Crippen LogP contribution is -2.49. The highest BCUT2D eigenvalue weighted by atomic mass is 32.2. The van der Waals surface area contributed by atoms with E-state index in [0.717, 1.165) is 23.4 Å². The molecule has 1 N–H and O–H groups in total. The Bertz CT molecular complexity index is 867. The van der Waals surface area contributed by atoms with Gasteiger partial charge in [0.2, 0.25) is 15.9 Å². The fourth-order valence-electron chi connectivity index (χ4n) is 3.00. The van der Waals surface area contributed by atoms with E-state index in [2.05, 4.69) is 5.32 Å². The highest BCUT2D eigenvalue weighted by Gasteiger charge is 2.29. The summed E-state index contributed by atoms with van der Waals surface area (Å²) in [5.74, 6) is 0.283. The molecule has 0 aliphatic rings. The summed E-state index contributed by atoms with van der Waals surface area (Å²) in [4.78, 5) is 12.7. The standard InChI is InChI=1S/C21H28N2O4S/c1-16(10-11-18-8-6-5-7-9-18)22-21(24)17(2)23(28(4,25)26)19-12-14-20(27-3)15-13-19/h5-9,12-17H,10-11H2,1-4H3,(H,22,24)/t16-,17+/m0/s1. The monoisotopic (exact) mass is 404 g/mol. The molecule has 28 heavy (non-hydrogen) atoms. The average Bonchev–Trinajstić information content (AvgIpc) is 2.66. The molecule has 0 bridgehead atoms. The van der Waals surface area contributed by atoms with E-state index in [4.69, 9.17) is 4.74 Å². The minimum absolute atomic E-state index is 0.0765. The predicted molar refractivity (Wildman–Crippen MR) is 112 cm³/mol. The van der Waals surface area contributed by atoms with Gasteiger partial charge in [-0.15, -0.1) is 0 Å². The number of aryl methyl sites for hydroxylation is 1. The SMILES string of the molecule is COc1ccc(N([C@H](C)C(=O)N[C@@H](C)CCc2ccccc2)S(C)(=O)=O)cc1. The summed E-state index contributed by atoms with van der Waals surface area (Å²) in [6.07, 6.45) is 2.70. The van der Waals surface area contributed by atoms with E-state index in [1.165, 1.54) is 12.7 Å². The summed E-state index contributed by atoms with van der Waals surface area (Å²) in [6.45, 7) is 3.51. The van der Waals surface area contributed by atoms with Gasteiger partial charge in [0.15, 0.2) is 0 Å². The number of methoxy groups -OCH3 is 1. The molecule has 152 valence electrons. The Morgan fingerprint density at radius 3 is 2.21 bits per heavy atom. The molecule has 2 aromatic rings. The third kappa shape index (κ3) is 5.99. The number of nitrogens with zero attached hydrogens (tertiary/aromatic N) is 1. The van der Waals surface area contributed by atoms with Crippen molar-refractivity contribution in [1.29, 1.82) is 0 Å². The normalized spacial score (nSPS) is 13.4. The number of amides is 1. The number of rotatable bonds is 9. The fourth-order valence-corrected chi connectivity index (χ4v) is 4.18. The van der Waals surface area contributed by atoms with Crippen LogP contribution in [0.4, 0.5) is 5.69 Å². The van der Waals surface area contributed by atoms with Gasteiger partial charge in [0.1, 0.15) is 11.8 Å². The molecule has 0 radical (unpaired) electrons. The average molecular weight is 405 g/mol. The van der Waals surface area contributed by atoms with Crippen molar-refractivity contribution < 1.29 is 17.9 Å². The van der Waals surface area contributed by atoms with Crippen LogP contribution in [0.25, 0.3) is 0 Å². The van der Waals surface area contributed by atoms with E-state index >= 15 is 0 Å². The Kier molecular flexibility index (Phi) is 7.45. The summed E-state index contributed by atoms with van der Waals surface area (Å²) in [5, 5.41) is 2.93. The van der Waals surface area contributed by atoms with E-state index in [9.17, 15) is 13.2 Å². The van der Waals surface area contributed by atoms with Crippen LogP contribution >= 0.6 is 0 Å². The smallest absolute Gasteiger partial charge is 0.243 e. The van der Waals surface area contributed by atoms with Crippen LogP contribution in [0.5, 0.6) is 5.75 Å². The number of sulfonamides is 1. The van der Waals surface area contributed by atoms with Gasteiger partial charge in [-0.25, -0.2) is 8.42 Å². The zero-order chi connectivity index (χ0) is 20.7. The Morgan fingerprint density at radius 1 is 1.07 bits per heavy atom. The molecule has 0 heterocycles. The zero-order valence-corrected chi connectivity index (χ0v) is 17.6. The lowest BCUT2D eigenvalue weighted by Gasteiger charge is -2.29. The van der Waals surface area contributed by atoms with Crippen LogP contribution in [0.1, 0.15) is 25.8 Å². The number of nitrogens with one attached hydrogen (secondary N) is 1. The molecule has 0 spiro atoms. The number of hydrogen-bond donors (Lipinski definition) is 1. The van der Waals surface area contributed by atoms with Crippen molar-refractivity contribution in [2.24, 2.45) is 0 Å². The molecule has 2 aromatic carbocycles. The van der Waals surface area contributed by atoms with Crippen LogP contribution in [-0.2, 0) is 21.2 Å². The Labute approximate surface area is 167 Å². The maximum absolute atomic E-state index is 12.7. The number of anilines is 1.